The van der Waals surface area contributed by atoms with Crippen LogP contribution in [0.3, 0.4) is 0 Å². The van der Waals surface area contributed by atoms with Crippen LogP contribution < -0.4 is 10.5 Å². The molecule has 0 fully saturated rings. The van der Waals surface area contributed by atoms with Gasteiger partial charge in [-0.1, -0.05) is 23.2 Å². The molecule has 10 heteroatoms. The molecule has 3 N–H and O–H groups in total. The lowest BCUT2D eigenvalue weighted by atomic mass is 10.2. The van der Waals surface area contributed by atoms with Crippen LogP contribution in [-0.2, 0) is 19.6 Å². The van der Waals surface area contributed by atoms with Gasteiger partial charge in [-0.2, -0.15) is 0 Å². The summed E-state index contributed by atoms with van der Waals surface area (Å²) in [6, 6.07) is 9.31. The van der Waals surface area contributed by atoms with Gasteiger partial charge in [0.25, 0.3) is 5.91 Å². The Morgan fingerprint density at radius 3 is 2.12 bits per heavy atom. The number of nitrogens with two attached hydrogens (primary N) is 1. The Hall–Kier alpha value is -2.13. The van der Waals surface area contributed by atoms with Gasteiger partial charge >= 0.3 is 5.97 Å². The van der Waals surface area contributed by atoms with Gasteiger partial charge in [-0.3, -0.25) is 4.79 Å². The Morgan fingerprint density at radius 1 is 1.08 bits per heavy atom. The molecule has 1 unspecified atom stereocenters. The quantitative estimate of drug-likeness (QED) is 0.726. The Balaban J connectivity index is 2.02. The van der Waals surface area contributed by atoms with Gasteiger partial charge in [0.1, 0.15) is 0 Å². The van der Waals surface area contributed by atoms with Crippen LogP contribution in [0.1, 0.15) is 17.3 Å². The highest BCUT2D eigenvalue weighted by Gasteiger charge is 2.20. The van der Waals surface area contributed by atoms with Crippen LogP contribution in [0, 0.1) is 0 Å². The van der Waals surface area contributed by atoms with Crippen molar-refractivity contribution in [3.63, 3.8) is 0 Å². The Morgan fingerprint density at radius 2 is 1.62 bits per heavy atom. The number of halogens is 2. The summed E-state index contributed by atoms with van der Waals surface area (Å²) in [6.45, 7) is 1.39. The van der Waals surface area contributed by atoms with E-state index in [1.54, 1.807) is 0 Å². The second-order valence-electron chi connectivity index (χ2n) is 5.26. The van der Waals surface area contributed by atoms with Gasteiger partial charge in [-0.05, 0) is 49.4 Å². The van der Waals surface area contributed by atoms with Gasteiger partial charge in [-0.25, -0.2) is 18.4 Å². The summed E-state index contributed by atoms with van der Waals surface area (Å²) in [7, 11) is -3.86. The zero-order valence-corrected chi connectivity index (χ0v) is 15.7. The number of nitrogens with one attached hydrogen (secondary N) is 1. The predicted octanol–water partition coefficient (Wildman–Crippen LogP) is 2.82. The van der Waals surface area contributed by atoms with Crippen molar-refractivity contribution in [3.8, 4) is 0 Å². The van der Waals surface area contributed by atoms with Crippen LogP contribution in [0.5, 0.6) is 0 Å². The number of carbonyl (C=O) groups excluding carboxylic acids is 2. The Bertz CT molecular complexity index is 925. The molecule has 138 valence electrons. The highest BCUT2D eigenvalue weighted by Crippen LogP contribution is 2.22. The molecule has 26 heavy (non-hydrogen) atoms. The average molecular weight is 417 g/mol. The average Bonchev–Trinajstić information content (AvgIpc) is 2.53. The third-order valence-electron chi connectivity index (χ3n) is 3.20. The molecule has 0 saturated carbocycles. The van der Waals surface area contributed by atoms with E-state index in [-0.39, 0.29) is 10.5 Å². The van der Waals surface area contributed by atoms with E-state index in [1.807, 2.05) is 0 Å². The van der Waals surface area contributed by atoms with Gasteiger partial charge in [0.15, 0.2) is 6.10 Å². The minimum Gasteiger partial charge on any atom is -0.449 e. The molecule has 2 aromatic carbocycles. The van der Waals surface area contributed by atoms with Gasteiger partial charge in [0.2, 0.25) is 10.0 Å². The lowest BCUT2D eigenvalue weighted by Crippen LogP contribution is -2.30. The van der Waals surface area contributed by atoms with Crippen molar-refractivity contribution in [1.82, 2.24) is 0 Å². The summed E-state index contributed by atoms with van der Waals surface area (Å²) in [5.74, 6) is -1.38. The van der Waals surface area contributed by atoms with Crippen LogP contribution in [-0.4, -0.2) is 26.4 Å². The van der Waals surface area contributed by atoms with Crippen LogP contribution in [0.15, 0.2) is 47.4 Å². The van der Waals surface area contributed by atoms with Gasteiger partial charge < -0.3 is 10.1 Å². The van der Waals surface area contributed by atoms with E-state index in [9.17, 15) is 18.0 Å². The molecule has 2 aromatic rings. The highest BCUT2D eigenvalue weighted by molar-refractivity contribution is 7.89. The third kappa shape index (κ3) is 5.43. The number of carbonyl (C=O) groups is 2. The van der Waals surface area contributed by atoms with Crippen molar-refractivity contribution in [3.05, 3.63) is 58.1 Å². The fourth-order valence-corrected chi connectivity index (χ4v) is 2.97. The molecule has 0 bridgehead atoms. The summed E-state index contributed by atoms with van der Waals surface area (Å²) in [6.07, 6.45) is -1.11. The maximum absolute atomic E-state index is 12.1. The standard InChI is InChI=1S/C16H14Cl2N2O5S/c1-9(15(21)20-13-7-11(17)6-12(18)8-13)25-16(22)10-2-4-14(5-3-10)26(19,23)24/h2-9H,1H3,(H,20,21)(H2,19,23,24). The first kappa shape index (κ1) is 20.2. The number of hydrogen-bond acceptors (Lipinski definition) is 5. The normalized spacial score (nSPS) is 12.3. The van der Waals surface area contributed by atoms with E-state index in [4.69, 9.17) is 33.1 Å². The molecule has 2 rings (SSSR count). The number of amides is 1. The molecule has 0 radical (unpaired) electrons. The largest absolute Gasteiger partial charge is 0.449 e. The van der Waals surface area contributed by atoms with Gasteiger partial charge in [0, 0.05) is 15.7 Å². The van der Waals surface area contributed by atoms with E-state index in [0.29, 0.717) is 15.7 Å². The molecule has 1 amide bonds. The van der Waals surface area contributed by atoms with Crippen molar-refractivity contribution in [1.29, 1.82) is 0 Å². The van der Waals surface area contributed by atoms with Crippen LogP contribution in [0.4, 0.5) is 5.69 Å². The summed E-state index contributed by atoms with van der Waals surface area (Å²) in [4.78, 5) is 24.0. The molecular weight excluding hydrogens is 403 g/mol. The number of sulfonamides is 1. The lowest BCUT2D eigenvalue weighted by molar-refractivity contribution is -0.123. The van der Waals surface area contributed by atoms with Crippen molar-refractivity contribution in [2.45, 2.75) is 17.9 Å². The van der Waals surface area contributed by atoms with Crippen molar-refractivity contribution < 1.29 is 22.7 Å². The molecule has 0 aliphatic carbocycles. The molecule has 0 heterocycles. The second-order valence-corrected chi connectivity index (χ2v) is 7.70. The fourth-order valence-electron chi connectivity index (χ4n) is 1.93. The Labute approximate surface area is 160 Å². The van der Waals surface area contributed by atoms with E-state index < -0.39 is 28.0 Å². The van der Waals surface area contributed by atoms with Crippen LogP contribution >= 0.6 is 23.2 Å². The molecule has 0 aromatic heterocycles. The number of anilines is 1. The number of ether oxygens (including phenoxy) is 1. The highest BCUT2D eigenvalue weighted by atomic mass is 35.5. The second kappa shape index (κ2) is 8.05. The Kier molecular flexibility index (Phi) is 6.25. The smallest absolute Gasteiger partial charge is 0.338 e. The van der Waals surface area contributed by atoms with Crippen molar-refractivity contribution in [2.75, 3.05) is 5.32 Å². The van der Waals surface area contributed by atoms with Gasteiger partial charge in [0.05, 0.1) is 10.5 Å². The van der Waals surface area contributed by atoms with E-state index >= 15 is 0 Å². The molecule has 0 saturated heterocycles. The van der Waals surface area contributed by atoms with Crippen LogP contribution in [0.2, 0.25) is 10.0 Å². The number of esters is 1. The molecule has 7 nitrogen and oxygen atoms in total. The first-order chi connectivity index (χ1) is 12.1. The van der Waals surface area contributed by atoms with Crippen molar-refractivity contribution >= 4 is 50.8 Å². The van der Waals surface area contributed by atoms with E-state index in [0.717, 1.165) is 0 Å². The van der Waals surface area contributed by atoms with E-state index in [1.165, 1.54) is 49.4 Å². The van der Waals surface area contributed by atoms with Crippen LogP contribution in [0.25, 0.3) is 0 Å². The molecule has 1 atom stereocenters. The number of primary sulfonamides is 1. The lowest BCUT2D eigenvalue weighted by Gasteiger charge is -2.14. The third-order valence-corrected chi connectivity index (χ3v) is 4.57. The molecule has 0 aliphatic rings. The summed E-state index contributed by atoms with van der Waals surface area (Å²) in [5.41, 5.74) is 0.427. The zero-order valence-electron chi connectivity index (χ0n) is 13.4. The SMILES string of the molecule is CC(OC(=O)c1ccc(S(N)(=O)=O)cc1)C(=O)Nc1cc(Cl)cc(Cl)c1. The molecular formula is C16H14Cl2N2O5S. The molecule has 0 spiro atoms. The minimum absolute atomic E-state index is 0.0721. The van der Waals surface area contributed by atoms with Gasteiger partial charge in [-0.15, -0.1) is 0 Å². The zero-order chi connectivity index (χ0) is 19.5. The number of benzene rings is 2. The summed E-state index contributed by atoms with van der Waals surface area (Å²) in [5, 5.41) is 8.19. The maximum atomic E-state index is 12.1. The fraction of sp³-hybridized carbons (Fsp3) is 0.125. The first-order valence-corrected chi connectivity index (χ1v) is 9.47. The monoisotopic (exact) mass is 416 g/mol. The summed E-state index contributed by atoms with van der Waals surface area (Å²) >= 11 is 11.7. The minimum atomic E-state index is -3.86. The predicted molar refractivity (Wildman–Crippen MR) is 97.8 cm³/mol. The summed E-state index contributed by atoms with van der Waals surface area (Å²) < 4.78 is 27.4. The number of hydrogen-bond donors (Lipinski definition) is 2. The number of rotatable bonds is 5. The topological polar surface area (TPSA) is 116 Å². The first-order valence-electron chi connectivity index (χ1n) is 7.17. The maximum Gasteiger partial charge on any atom is 0.338 e. The molecule has 0 aliphatic heterocycles. The van der Waals surface area contributed by atoms with Crippen molar-refractivity contribution in [2.24, 2.45) is 5.14 Å². The van der Waals surface area contributed by atoms with E-state index in [2.05, 4.69) is 5.32 Å².